The van der Waals surface area contributed by atoms with Crippen molar-refractivity contribution in [2.24, 2.45) is 5.92 Å². The fourth-order valence-electron chi connectivity index (χ4n) is 0.830. The van der Waals surface area contributed by atoms with Crippen molar-refractivity contribution in [3.8, 4) is 0 Å². The maximum Gasteiger partial charge on any atom is 0.136 e. The first-order valence-corrected chi connectivity index (χ1v) is 3.89. The molecule has 0 aliphatic rings. The average Bonchev–Trinajstić information content (AvgIpc) is 1.87. The Balaban J connectivity index is 4.18. The first kappa shape index (κ1) is 10.2. The molecule has 0 aliphatic heterocycles. The summed E-state index contributed by atoms with van der Waals surface area (Å²) in [7, 11) is 0. The van der Waals surface area contributed by atoms with Crippen LogP contribution in [0.25, 0.3) is 0 Å². The normalized spacial score (nSPS) is 15.5. The van der Waals surface area contributed by atoms with Crippen molar-refractivity contribution < 1.29 is 4.79 Å². The second-order valence-electron chi connectivity index (χ2n) is 2.81. The molecular formula is C10H16O. The highest BCUT2D eigenvalue weighted by molar-refractivity contribution is 5.79. The van der Waals surface area contributed by atoms with Crippen molar-refractivity contribution >= 4 is 5.78 Å². The van der Waals surface area contributed by atoms with E-state index in [1.165, 1.54) is 0 Å². The summed E-state index contributed by atoms with van der Waals surface area (Å²) in [5.41, 5.74) is 1.15. The number of Topliss-reactive ketones (excluding diaryl/α,β-unsaturated/α-hetero) is 1. The van der Waals surface area contributed by atoms with E-state index < -0.39 is 0 Å². The molecule has 0 aromatic rings. The van der Waals surface area contributed by atoms with E-state index in [0.717, 1.165) is 5.57 Å². The summed E-state index contributed by atoms with van der Waals surface area (Å²) in [4.78, 5) is 10.8. The molecule has 1 heteroatoms. The Morgan fingerprint density at radius 2 is 1.91 bits per heavy atom. The molecule has 0 heterocycles. The van der Waals surface area contributed by atoms with Crippen LogP contribution in [0.1, 0.15) is 27.7 Å². The third-order valence-corrected chi connectivity index (χ3v) is 1.58. The van der Waals surface area contributed by atoms with Crippen molar-refractivity contribution in [1.82, 2.24) is 0 Å². The van der Waals surface area contributed by atoms with E-state index in [9.17, 15) is 4.79 Å². The Bertz CT molecular complexity index is 187. The van der Waals surface area contributed by atoms with Gasteiger partial charge in [-0.25, -0.2) is 0 Å². The summed E-state index contributed by atoms with van der Waals surface area (Å²) >= 11 is 0. The van der Waals surface area contributed by atoms with Gasteiger partial charge < -0.3 is 0 Å². The largest absolute Gasteiger partial charge is 0.299 e. The predicted octanol–water partition coefficient (Wildman–Crippen LogP) is 2.73. The van der Waals surface area contributed by atoms with Gasteiger partial charge in [-0.1, -0.05) is 30.7 Å². The highest BCUT2D eigenvalue weighted by Crippen LogP contribution is 2.04. The lowest BCUT2D eigenvalue weighted by molar-refractivity contribution is -0.118. The van der Waals surface area contributed by atoms with Gasteiger partial charge in [0, 0.05) is 5.92 Å². The van der Waals surface area contributed by atoms with Crippen LogP contribution in [0.3, 0.4) is 0 Å². The summed E-state index contributed by atoms with van der Waals surface area (Å²) in [6.45, 7) is 7.49. The third kappa shape index (κ3) is 4.54. The highest BCUT2D eigenvalue weighted by atomic mass is 16.1. The molecule has 0 saturated heterocycles. The molecule has 0 aliphatic carbocycles. The number of carbonyl (C=O) groups is 1. The number of hydrogen-bond acceptors (Lipinski definition) is 1. The molecule has 11 heavy (non-hydrogen) atoms. The molecule has 0 unspecified atom stereocenters. The number of carbonyl (C=O) groups excluding carboxylic acids is 1. The Kier molecular flexibility index (Phi) is 4.51. The molecule has 0 saturated carbocycles. The minimum atomic E-state index is 0.0474. The molecule has 0 spiro atoms. The zero-order valence-corrected chi connectivity index (χ0v) is 7.72. The molecule has 0 aromatic carbocycles. The van der Waals surface area contributed by atoms with Crippen LogP contribution in [0.2, 0.25) is 0 Å². The van der Waals surface area contributed by atoms with Gasteiger partial charge in [0.05, 0.1) is 0 Å². The molecule has 0 aromatic heterocycles. The first-order valence-electron chi connectivity index (χ1n) is 3.89. The van der Waals surface area contributed by atoms with Crippen molar-refractivity contribution in [1.29, 1.82) is 0 Å². The van der Waals surface area contributed by atoms with Crippen LogP contribution in [0, 0.1) is 5.92 Å². The molecule has 0 amide bonds. The molecular weight excluding hydrogens is 136 g/mol. The third-order valence-electron chi connectivity index (χ3n) is 1.58. The van der Waals surface area contributed by atoms with Gasteiger partial charge in [-0.05, 0) is 20.8 Å². The van der Waals surface area contributed by atoms with Crippen LogP contribution in [-0.4, -0.2) is 5.78 Å². The quantitative estimate of drug-likeness (QED) is 0.568. The average molecular weight is 152 g/mol. The second kappa shape index (κ2) is 4.89. The minimum absolute atomic E-state index is 0.0474. The number of rotatable bonds is 3. The number of hydrogen-bond donors (Lipinski definition) is 0. The topological polar surface area (TPSA) is 17.1 Å². The van der Waals surface area contributed by atoms with Gasteiger partial charge in [0.1, 0.15) is 5.78 Å². The molecule has 0 N–H and O–H groups in total. The summed E-state index contributed by atoms with van der Waals surface area (Å²) in [6.07, 6.45) is 5.94. The van der Waals surface area contributed by atoms with Crippen LogP contribution in [0.5, 0.6) is 0 Å². The monoisotopic (exact) mass is 152 g/mol. The van der Waals surface area contributed by atoms with Crippen molar-refractivity contribution in [2.45, 2.75) is 27.7 Å². The lowest BCUT2D eigenvalue weighted by atomic mass is 10.0. The fraction of sp³-hybridized carbons (Fsp3) is 0.500. The smallest absolute Gasteiger partial charge is 0.136 e. The van der Waals surface area contributed by atoms with Gasteiger partial charge in [0.25, 0.3) is 0 Å². The minimum Gasteiger partial charge on any atom is -0.299 e. The first-order chi connectivity index (χ1) is 5.07. The van der Waals surface area contributed by atoms with E-state index in [2.05, 4.69) is 0 Å². The Morgan fingerprint density at radius 3 is 2.27 bits per heavy atom. The van der Waals surface area contributed by atoms with Crippen molar-refractivity contribution in [3.63, 3.8) is 0 Å². The summed E-state index contributed by atoms with van der Waals surface area (Å²) in [5, 5.41) is 0. The van der Waals surface area contributed by atoms with Crippen molar-refractivity contribution in [3.05, 3.63) is 23.8 Å². The fourth-order valence-corrected chi connectivity index (χ4v) is 0.830. The number of allylic oxidation sites excluding steroid dienone is 4. The molecule has 0 radical (unpaired) electrons. The lowest BCUT2D eigenvalue weighted by Crippen LogP contribution is -2.02. The Hall–Kier alpha value is -0.850. The van der Waals surface area contributed by atoms with Crippen molar-refractivity contribution in [2.75, 3.05) is 0 Å². The highest BCUT2D eigenvalue weighted by Gasteiger charge is 2.01. The van der Waals surface area contributed by atoms with Gasteiger partial charge >= 0.3 is 0 Å². The van der Waals surface area contributed by atoms with Crippen LogP contribution in [-0.2, 0) is 4.79 Å². The van der Waals surface area contributed by atoms with E-state index in [1.807, 2.05) is 39.0 Å². The molecule has 0 rings (SSSR count). The van der Waals surface area contributed by atoms with Crippen LogP contribution in [0.4, 0.5) is 0 Å². The van der Waals surface area contributed by atoms with Crippen LogP contribution >= 0.6 is 0 Å². The lowest BCUT2D eigenvalue weighted by Gasteiger charge is -2.00. The zero-order valence-electron chi connectivity index (χ0n) is 7.72. The maximum atomic E-state index is 10.8. The van der Waals surface area contributed by atoms with E-state index in [-0.39, 0.29) is 11.7 Å². The molecule has 62 valence electrons. The Labute approximate surface area is 68.8 Å². The molecule has 1 nitrogen and oxygen atoms in total. The Morgan fingerprint density at radius 1 is 1.36 bits per heavy atom. The maximum absolute atomic E-state index is 10.8. The van der Waals surface area contributed by atoms with Crippen LogP contribution in [0.15, 0.2) is 23.8 Å². The second-order valence-corrected chi connectivity index (χ2v) is 2.81. The van der Waals surface area contributed by atoms with Crippen LogP contribution < -0.4 is 0 Å². The predicted molar refractivity (Wildman–Crippen MR) is 48.4 cm³/mol. The van der Waals surface area contributed by atoms with Gasteiger partial charge in [-0.15, -0.1) is 0 Å². The summed E-state index contributed by atoms with van der Waals surface area (Å²) < 4.78 is 0. The molecule has 0 bridgehead atoms. The van der Waals surface area contributed by atoms with Gasteiger partial charge in [-0.2, -0.15) is 0 Å². The van der Waals surface area contributed by atoms with E-state index >= 15 is 0 Å². The summed E-state index contributed by atoms with van der Waals surface area (Å²) in [5.74, 6) is 0.264. The SMILES string of the molecule is CC=CC(C)=C[C@@H](C)C(C)=O. The number of ketones is 1. The van der Waals surface area contributed by atoms with Gasteiger partial charge in [0.2, 0.25) is 0 Å². The standard InChI is InChI=1S/C10H16O/c1-5-6-8(2)7-9(3)10(4)11/h5-7,9H,1-4H3/t9-/m1/s1. The van der Waals surface area contributed by atoms with E-state index in [1.54, 1.807) is 6.92 Å². The van der Waals surface area contributed by atoms with Gasteiger partial charge in [-0.3, -0.25) is 4.79 Å². The van der Waals surface area contributed by atoms with Gasteiger partial charge in [0.15, 0.2) is 0 Å². The van der Waals surface area contributed by atoms with E-state index in [4.69, 9.17) is 0 Å². The molecule has 0 fully saturated rings. The van der Waals surface area contributed by atoms with E-state index in [0.29, 0.717) is 0 Å². The zero-order chi connectivity index (χ0) is 8.85. The summed E-state index contributed by atoms with van der Waals surface area (Å²) in [6, 6.07) is 0. The molecule has 1 atom stereocenters.